The molecule has 2 N–H and O–H groups in total. The van der Waals surface area contributed by atoms with Crippen LogP contribution in [0.15, 0.2) is 0 Å². The van der Waals surface area contributed by atoms with Gasteiger partial charge in [-0.25, -0.2) is 9.59 Å². The van der Waals surface area contributed by atoms with E-state index in [0.29, 0.717) is 18.2 Å². The molecule has 20 heavy (non-hydrogen) atoms. The predicted octanol–water partition coefficient (Wildman–Crippen LogP) is 0.886. The third kappa shape index (κ3) is 3.58. The fraction of sp³-hybridized carbons (Fsp3) is 0.846. The Labute approximate surface area is 123 Å². The van der Waals surface area contributed by atoms with Gasteiger partial charge in [-0.1, -0.05) is 0 Å². The summed E-state index contributed by atoms with van der Waals surface area (Å²) in [5.41, 5.74) is 0. The minimum atomic E-state index is -0.922. The standard InChI is InChI=1S/C13H23N3O3S/c1-9-16(11(8-20-9)12(17)18)13(19)14-6-10-4-3-5-15(2)7-10/h9-11H,3-8H2,1-2H3,(H,14,19)(H,17,18). The molecule has 6 nitrogen and oxygen atoms in total. The van der Waals surface area contributed by atoms with Gasteiger partial charge in [-0.05, 0) is 39.3 Å². The summed E-state index contributed by atoms with van der Waals surface area (Å²) in [6.07, 6.45) is 2.28. The normalized spacial score (nSPS) is 31.3. The van der Waals surface area contributed by atoms with Gasteiger partial charge in [0.1, 0.15) is 6.04 Å². The quantitative estimate of drug-likeness (QED) is 0.810. The zero-order chi connectivity index (χ0) is 14.7. The molecule has 0 spiro atoms. The lowest BCUT2D eigenvalue weighted by molar-refractivity contribution is -0.141. The summed E-state index contributed by atoms with van der Waals surface area (Å²) in [4.78, 5) is 27.1. The minimum Gasteiger partial charge on any atom is -0.480 e. The molecule has 0 aliphatic carbocycles. The van der Waals surface area contributed by atoms with Gasteiger partial charge in [-0.15, -0.1) is 11.8 Å². The first-order valence-electron chi connectivity index (χ1n) is 7.08. The molecular weight excluding hydrogens is 278 g/mol. The van der Waals surface area contributed by atoms with Crippen molar-refractivity contribution < 1.29 is 14.7 Å². The Morgan fingerprint density at radius 1 is 1.45 bits per heavy atom. The van der Waals surface area contributed by atoms with Crippen molar-refractivity contribution in [1.82, 2.24) is 15.1 Å². The first-order chi connectivity index (χ1) is 9.49. The third-order valence-corrected chi connectivity index (χ3v) is 5.22. The molecule has 2 fully saturated rings. The largest absolute Gasteiger partial charge is 0.480 e. The number of carbonyl (C=O) groups excluding carboxylic acids is 1. The summed E-state index contributed by atoms with van der Waals surface area (Å²) in [6.45, 7) is 4.61. The maximum atomic E-state index is 12.2. The Hall–Kier alpha value is -0.950. The Kier molecular flexibility index (Phi) is 5.15. The first kappa shape index (κ1) is 15.4. The number of likely N-dealkylation sites (tertiary alicyclic amines) is 1. The van der Waals surface area contributed by atoms with E-state index in [1.165, 1.54) is 16.7 Å². The molecule has 2 saturated heterocycles. The van der Waals surface area contributed by atoms with Crippen LogP contribution in [0.1, 0.15) is 19.8 Å². The van der Waals surface area contributed by atoms with Crippen LogP contribution in [-0.2, 0) is 4.79 Å². The number of nitrogens with one attached hydrogen (secondary N) is 1. The number of carbonyl (C=O) groups is 2. The Morgan fingerprint density at radius 3 is 2.85 bits per heavy atom. The van der Waals surface area contributed by atoms with Crippen molar-refractivity contribution in [2.75, 3.05) is 32.4 Å². The van der Waals surface area contributed by atoms with E-state index in [2.05, 4.69) is 17.3 Å². The van der Waals surface area contributed by atoms with Gasteiger partial charge in [0, 0.05) is 18.8 Å². The molecule has 0 aromatic carbocycles. The summed E-state index contributed by atoms with van der Waals surface area (Å²) in [5, 5.41) is 12.0. The van der Waals surface area contributed by atoms with Crippen LogP contribution in [0.3, 0.4) is 0 Å². The number of nitrogens with zero attached hydrogens (tertiary/aromatic N) is 2. The molecule has 2 aliphatic heterocycles. The van der Waals surface area contributed by atoms with E-state index in [4.69, 9.17) is 5.11 Å². The second-order valence-corrected chi connectivity index (χ2v) is 7.00. The number of piperidine rings is 1. The van der Waals surface area contributed by atoms with Gasteiger partial charge in [0.2, 0.25) is 0 Å². The zero-order valence-corrected chi connectivity index (χ0v) is 12.9. The van der Waals surface area contributed by atoms with Crippen molar-refractivity contribution in [3.05, 3.63) is 0 Å². The number of carboxylic acid groups (broad SMARTS) is 1. The highest BCUT2D eigenvalue weighted by Crippen LogP contribution is 2.28. The Morgan fingerprint density at radius 2 is 2.20 bits per heavy atom. The zero-order valence-electron chi connectivity index (χ0n) is 12.0. The molecule has 3 atom stereocenters. The summed E-state index contributed by atoms with van der Waals surface area (Å²) in [6, 6.07) is -0.952. The van der Waals surface area contributed by atoms with Crippen LogP contribution in [0.4, 0.5) is 4.79 Å². The first-order valence-corrected chi connectivity index (χ1v) is 8.13. The van der Waals surface area contributed by atoms with Gasteiger partial charge in [0.05, 0.1) is 5.37 Å². The topological polar surface area (TPSA) is 72.9 Å². The van der Waals surface area contributed by atoms with Crippen LogP contribution in [0.2, 0.25) is 0 Å². The van der Waals surface area contributed by atoms with E-state index in [1.54, 1.807) is 0 Å². The van der Waals surface area contributed by atoms with Gasteiger partial charge in [-0.2, -0.15) is 0 Å². The molecule has 0 radical (unpaired) electrons. The van der Waals surface area contributed by atoms with Crippen LogP contribution >= 0.6 is 11.8 Å². The SMILES string of the molecule is CC1SCC(C(=O)O)N1C(=O)NCC1CCCN(C)C1. The maximum Gasteiger partial charge on any atom is 0.327 e. The Bertz CT molecular complexity index is 380. The number of amides is 2. The molecule has 114 valence electrons. The average Bonchev–Trinajstić information content (AvgIpc) is 2.78. The number of hydrogen-bond donors (Lipinski definition) is 2. The second-order valence-electron chi connectivity index (χ2n) is 5.65. The number of thioether (sulfide) groups is 1. The van der Waals surface area contributed by atoms with E-state index in [1.807, 2.05) is 6.92 Å². The summed E-state index contributed by atoms with van der Waals surface area (Å²) >= 11 is 1.51. The smallest absolute Gasteiger partial charge is 0.327 e. The van der Waals surface area contributed by atoms with Gasteiger partial charge < -0.3 is 15.3 Å². The van der Waals surface area contributed by atoms with Crippen LogP contribution in [0.25, 0.3) is 0 Å². The van der Waals surface area contributed by atoms with Crippen LogP contribution in [0, 0.1) is 5.92 Å². The fourth-order valence-electron chi connectivity index (χ4n) is 2.90. The highest BCUT2D eigenvalue weighted by molar-refractivity contribution is 8.00. The van der Waals surface area contributed by atoms with E-state index < -0.39 is 12.0 Å². The van der Waals surface area contributed by atoms with Crippen LogP contribution in [0.5, 0.6) is 0 Å². The van der Waals surface area contributed by atoms with Gasteiger partial charge in [-0.3, -0.25) is 4.90 Å². The van der Waals surface area contributed by atoms with Crippen molar-refractivity contribution in [2.24, 2.45) is 5.92 Å². The predicted molar refractivity (Wildman–Crippen MR) is 78.8 cm³/mol. The van der Waals surface area contributed by atoms with Gasteiger partial charge >= 0.3 is 12.0 Å². The molecule has 2 rings (SSSR count). The van der Waals surface area contributed by atoms with Crippen LogP contribution in [-0.4, -0.2) is 70.8 Å². The number of rotatable bonds is 3. The molecule has 0 aromatic rings. The van der Waals surface area contributed by atoms with E-state index in [9.17, 15) is 9.59 Å². The van der Waals surface area contributed by atoms with Crippen LogP contribution < -0.4 is 5.32 Å². The molecule has 0 saturated carbocycles. The number of aliphatic carboxylic acids is 1. The highest BCUT2D eigenvalue weighted by atomic mass is 32.2. The van der Waals surface area contributed by atoms with E-state index in [0.717, 1.165) is 25.9 Å². The molecule has 3 unspecified atom stereocenters. The van der Waals surface area contributed by atoms with Gasteiger partial charge in [0.15, 0.2) is 0 Å². The summed E-state index contributed by atoms with van der Waals surface area (Å²) in [7, 11) is 2.09. The molecule has 7 heteroatoms. The third-order valence-electron chi connectivity index (χ3n) is 4.01. The van der Waals surface area contributed by atoms with Crippen molar-refractivity contribution >= 4 is 23.8 Å². The summed E-state index contributed by atoms with van der Waals surface area (Å²) < 4.78 is 0. The lowest BCUT2D eigenvalue weighted by atomic mass is 9.98. The highest BCUT2D eigenvalue weighted by Gasteiger charge is 2.39. The lowest BCUT2D eigenvalue weighted by Crippen LogP contribution is -2.51. The Balaban J connectivity index is 1.85. The average molecular weight is 301 g/mol. The van der Waals surface area contributed by atoms with Crippen molar-refractivity contribution in [1.29, 1.82) is 0 Å². The van der Waals surface area contributed by atoms with Gasteiger partial charge in [0.25, 0.3) is 0 Å². The molecule has 0 bridgehead atoms. The molecular formula is C13H23N3O3S. The van der Waals surface area contributed by atoms with Crippen molar-refractivity contribution in [2.45, 2.75) is 31.2 Å². The summed E-state index contributed by atoms with van der Waals surface area (Å²) in [5.74, 6) is 0.0109. The molecule has 2 heterocycles. The fourth-order valence-corrected chi connectivity index (χ4v) is 4.07. The maximum absolute atomic E-state index is 12.2. The minimum absolute atomic E-state index is 0.0786. The number of hydrogen-bond acceptors (Lipinski definition) is 4. The van der Waals surface area contributed by atoms with E-state index >= 15 is 0 Å². The molecule has 2 aliphatic rings. The lowest BCUT2D eigenvalue weighted by Gasteiger charge is -2.31. The second kappa shape index (κ2) is 6.67. The molecule has 0 aromatic heterocycles. The number of carboxylic acids is 1. The molecule has 2 amide bonds. The monoisotopic (exact) mass is 301 g/mol. The van der Waals surface area contributed by atoms with Crippen molar-refractivity contribution in [3.8, 4) is 0 Å². The van der Waals surface area contributed by atoms with E-state index in [-0.39, 0.29) is 11.4 Å². The van der Waals surface area contributed by atoms with Crippen molar-refractivity contribution in [3.63, 3.8) is 0 Å². The number of urea groups is 1.